The van der Waals surface area contributed by atoms with Gasteiger partial charge in [0.15, 0.2) is 0 Å². The molecule has 6 nitrogen and oxygen atoms in total. The van der Waals surface area contributed by atoms with Crippen molar-refractivity contribution < 1.29 is 14.4 Å². The predicted molar refractivity (Wildman–Crippen MR) is 77.1 cm³/mol. The molecule has 114 valence electrons. The largest absolute Gasteiger partial charge is 0.344 e. The molecule has 1 spiro atoms. The van der Waals surface area contributed by atoms with Crippen LogP contribution in [0.5, 0.6) is 0 Å². The van der Waals surface area contributed by atoms with Crippen LogP contribution in [-0.4, -0.2) is 41.4 Å². The molecule has 0 aromatic rings. The number of urea groups is 1. The smallest absolute Gasteiger partial charge is 0.325 e. The van der Waals surface area contributed by atoms with E-state index in [9.17, 15) is 14.4 Å². The normalized spacial score (nSPS) is 28.4. The fraction of sp³-hybridized carbons (Fsp3) is 0.667. The quantitative estimate of drug-likeness (QED) is 0.589. The summed E-state index contributed by atoms with van der Waals surface area (Å²) in [5.41, 5.74) is -0.796. The lowest BCUT2D eigenvalue weighted by atomic mass is 9.75. The molecule has 1 saturated heterocycles. The first kappa shape index (κ1) is 15.4. The lowest BCUT2D eigenvalue weighted by molar-refractivity contribution is -0.136. The first-order valence-electron chi connectivity index (χ1n) is 7.36. The van der Waals surface area contributed by atoms with Gasteiger partial charge in [0.1, 0.15) is 12.1 Å². The molecule has 2 N–H and O–H groups in total. The summed E-state index contributed by atoms with van der Waals surface area (Å²) in [5, 5.41) is 5.25. The molecule has 0 aromatic heterocycles. The van der Waals surface area contributed by atoms with Gasteiger partial charge in [0.2, 0.25) is 5.91 Å². The van der Waals surface area contributed by atoms with Crippen molar-refractivity contribution in [3.63, 3.8) is 0 Å². The Morgan fingerprint density at radius 2 is 2.14 bits per heavy atom. The lowest BCUT2D eigenvalue weighted by Crippen LogP contribution is -2.50. The number of imide groups is 1. The molecule has 0 aromatic carbocycles. The van der Waals surface area contributed by atoms with Gasteiger partial charge < -0.3 is 10.6 Å². The van der Waals surface area contributed by atoms with E-state index in [0.29, 0.717) is 18.8 Å². The third kappa shape index (κ3) is 3.02. The van der Waals surface area contributed by atoms with Gasteiger partial charge in [-0.05, 0) is 31.6 Å². The number of nitrogens with zero attached hydrogens (tertiary/aromatic N) is 1. The van der Waals surface area contributed by atoms with Crippen molar-refractivity contribution >= 4 is 17.8 Å². The van der Waals surface area contributed by atoms with Gasteiger partial charge in [-0.1, -0.05) is 19.3 Å². The van der Waals surface area contributed by atoms with E-state index in [1.165, 1.54) is 0 Å². The van der Waals surface area contributed by atoms with Gasteiger partial charge in [-0.15, -0.1) is 6.42 Å². The van der Waals surface area contributed by atoms with Gasteiger partial charge in [0, 0.05) is 0 Å². The maximum absolute atomic E-state index is 12.5. The summed E-state index contributed by atoms with van der Waals surface area (Å²) in [6.07, 6.45) is 9.31. The molecule has 2 aliphatic rings. The maximum Gasteiger partial charge on any atom is 0.325 e. The standard InChI is InChI=1S/C15H21N3O3/c1-3-9-16-12(19)10-18-13(20)15(17-14(18)21)7-5-11(4-2)6-8-15/h1,11H,4-10H2,2H3,(H,16,19)(H,17,21). The molecular weight excluding hydrogens is 270 g/mol. The maximum atomic E-state index is 12.5. The van der Waals surface area contributed by atoms with Crippen LogP contribution >= 0.6 is 0 Å². The molecule has 1 saturated carbocycles. The molecule has 0 atom stereocenters. The Labute approximate surface area is 124 Å². The van der Waals surface area contributed by atoms with E-state index >= 15 is 0 Å². The number of hydrogen-bond donors (Lipinski definition) is 2. The van der Waals surface area contributed by atoms with Crippen molar-refractivity contribution in [2.75, 3.05) is 13.1 Å². The Balaban J connectivity index is 2.00. The molecule has 2 rings (SSSR count). The molecule has 0 radical (unpaired) electrons. The average molecular weight is 291 g/mol. The highest BCUT2D eigenvalue weighted by Crippen LogP contribution is 2.37. The summed E-state index contributed by atoms with van der Waals surface area (Å²) in [4.78, 5) is 37.1. The second kappa shape index (κ2) is 6.17. The number of nitrogens with one attached hydrogen (secondary N) is 2. The van der Waals surface area contributed by atoms with E-state index in [1.54, 1.807) is 0 Å². The topological polar surface area (TPSA) is 78.5 Å². The van der Waals surface area contributed by atoms with Crippen molar-refractivity contribution in [1.82, 2.24) is 15.5 Å². The van der Waals surface area contributed by atoms with Gasteiger partial charge in [0.25, 0.3) is 5.91 Å². The zero-order valence-electron chi connectivity index (χ0n) is 12.3. The molecule has 0 unspecified atom stereocenters. The second-order valence-corrected chi connectivity index (χ2v) is 5.74. The fourth-order valence-electron chi connectivity index (χ4n) is 3.09. The van der Waals surface area contributed by atoms with Crippen LogP contribution < -0.4 is 10.6 Å². The number of carbonyl (C=O) groups is 3. The fourth-order valence-corrected chi connectivity index (χ4v) is 3.09. The minimum Gasteiger partial charge on any atom is -0.344 e. The van der Waals surface area contributed by atoms with Crippen molar-refractivity contribution in [3.05, 3.63) is 0 Å². The minimum absolute atomic E-state index is 0.0891. The van der Waals surface area contributed by atoms with Crippen LogP contribution in [0.1, 0.15) is 39.0 Å². The van der Waals surface area contributed by atoms with Crippen LogP contribution in [0.15, 0.2) is 0 Å². The van der Waals surface area contributed by atoms with Gasteiger partial charge in [-0.25, -0.2) is 4.79 Å². The molecule has 1 aliphatic heterocycles. The summed E-state index contributed by atoms with van der Waals surface area (Å²) in [6, 6.07) is -0.481. The highest BCUT2D eigenvalue weighted by molar-refractivity contribution is 6.09. The van der Waals surface area contributed by atoms with Crippen molar-refractivity contribution in [3.8, 4) is 12.3 Å². The second-order valence-electron chi connectivity index (χ2n) is 5.74. The SMILES string of the molecule is C#CCNC(=O)CN1C(=O)NC2(CCC(CC)CC2)C1=O. The Bertz CT molecular complexity index is 487. The first-order valence-corrected chi connectivity index (χ1v) is 7.36. The van der Waals surface area contributed by atoms with Crippen LogP contribution in [-0.2, 0) is 9.59 Å². The zero-order chi connectivity index (χ0) is 15.5. The number of terminal acetylenes is 1. The summed E-state index contributed by atoms with van der Waals surface area (Å²) < 4.78 is 0. The zero-order valence-corrected chi connectivity index (χ0v) is 12.3. The van der Waals surface area contributed by atoms with E-state index in [1.807, 2.05) is 0 Å². The van der Waals surface area contributed by atoms with Crippen LogP contribution in [0, 0.1) is 18.3 Å². The van der Waals surface area contributed by atoms with Crippen LogP contribution in [0.2, 0.25) is 0 Å². The van der Waals surface area contributed by atoms with Gasteiger partial charge >= 0.3 is 6.03 Å². The highest BCUT2D eigenvalue weighted by atomic mass is 16.2. The van der Waals surface area contributed by atoms with E-state index in [0.717, 1.165) is 24.2 Å². The minimum atomic E-state index is -0.796. The lowest BCUT2D eigenvalue weighted by Gasteiger charge is -2.34. The third-order valence-electron chi connectivity index (χ3n) is 4.47. The molecule has 4 amide bonds. The monoisotopic (exact) mass is 291 g/mol. The predicted octanol–water partition coefficient (Wildman–Crippen LogP) is 0.627. The molecular formula is C15H21N3O3. The van der Waals surface area contributed by atoms with Crippen LogP contribution in [0.3, 0.4) is 0 Å². The number of carbonyl (C=O) groups excluding carboxylic acids is 3. The van der Waals surface area contributed by atoms with Crippen LogP contribution in [0.4, 0.5) is 4.79 Å². The summed E-state index contributed by atoms with van der Waals surface area (Å²) >= 11 is 0. The van der Waals surface area contributed by atoms with Crippen LogP contribution in [0.25, 0.3) is 0 Å². The average Bonchev–Trinajstić information content (AvgIpc) is 2.70. The molecule has 1 heterocycles. The van der Waals surface area contributed by atoms with Crippen molar-refractivity contribution in [2.45, 2.75) is 44.6 Å². The summed E-state index contributed by atoms with van der Waals surface area (Å²) in [5.74, 6) is 2.20. The molecule has 6 heteroatoms. The Morgan fingerprint density at radius 3 is 2.71 bits per heavy atom. The third-order valence-corrected chi connectivity index (χ3v) is 4.47. The van der Waals surface area contributed by atoms with Crippen molar-refractivity contribution in [2.24, 2.45) is 5.92 Å². The number of rotatable bonds is 4. The molecule has 2 fully saturated rings. The summed E-state index contributed by atoms with van der Waals surface area (Å²) in [6.45, 7) is 1.96. The number of hydrogen-bond acceptors (Lipinski definition) is 3. The van der Waals surface area contributed by atoms with E-state index in [2.05, 4.69) is 23.5 Å². The van der Waals surface area contributed by atoms with Gasteiger partial charge in [0.05, 0.1) is 6.54 Å². The Kier molecular flexibility index (Phi) is 4.51. The molecule has 1 aliphatic carbocycles. The van der Waals surface area contributed by atoms with E-state index in [-0.39, 0.29) is 19.0 Å². The van der Waals surface area contributed by atoms with Crippen molar-refractivity contribution in [1.29, 1.82) is 0 Å². The van der Waals surface area contributed by atoms with Gasteiger partial charge in [-0.2, -0.15) is 0 Å². The Hall–Kier alpha value is -2.03. The van der Waals surface area contributed by atoms with E-state index in [4.69, 9.17) is 6.42 Å². The molecule has 21 heavy (non-hydrogen) atoms. The summed E-state index contributed by atoms with van der Waals surface area (Å²) in [7, 11) is 0. The molecule has 0 bridgehead atoms. The Morgan fingerprint density at radius 1 is 1.48 bits per heavy atom. The van der Waals surface area contributed by atoms with Gasteiger partial charge in [-0.3, -0.25) is 14.5 Å². The number of amides is 4. The highest BCUT2D eigenvalue weighted by Gasteiger charge is 2.52. The van der Waals surface area contributed by atoms with E-state index < -0.39 is 17.5 Å². The first-order chi connectivity index (χ1) is 10.0.